The van der Waals surface area contributed by atoms with Gasteiger partial charge < -0.3 is 10.2 Å². The lowest BCUT2D eigenvalue weighted by Crippen LogP contribution is -2.49. The van der Waals surface area contributed by atoms with Gasteiger partial charge in [0.1, 0.15) is 4.88 Å². The number of hydrogen-bond donors (Lipinski definition) is 1. The van der Waals surface area contributed by atoms with Gasteiger partial charge in [-0.25, -0.2) is 8.42 Å². The van der Waals surface area contributed by atoms with Crippen molar-refractivity contribution in [1.29, 1.82) is 0 Å². The molecule has 3 heterocycles. The zero-order valence-electron chi connectivity index (χ0n) is 13.0. The molecule has 2 saturated heterocycles. The minimum Gasteiger partial charge on any atom is -0.336 e. The van der Waals surface area contributed by atoms with Crippen molar-refractivity contribution in [3.8, 4) is 0 Å². The molecule has 0 saturated carbocycles. The minimum absolute atomic E-state index is 0.115. The second kappa shape index (κ2) is 7.03. The summed E-state index contributed by atoms with van der Waals surface area (Å²) in [5.74, 6) is -3.99. The van der Waals surface area contributed by atoms with Crippen LogP contribution in [0.15, 0.2) is 16.3 Å². The Hall–Kier alpha value is -1.10. The van der Waals surface area contributed by atoms with Gasteiger partial charge in [-0.05, 0) is 17.9 Å². The third-order valence-corrected chi connectivity index (χ3v) is 6.94. The molecule has 3 rings (SSSR count). The molecular formula is C14H19F2N3O3S2. The number of likely N-dealkylation sites (tertiary alicyclic amines) is 1. The molecule has 1 amide bonds. The number of amides is 1. The van der Waals surface area contributed by atoms with Gasteiger partial charge in [-0.2, -0.15) is 8.78 Å². The Morgan fingerprint density at radius 2 is 2.00 bits per heavy atom. The molecule has 24 heavy (non-hydrogen) atoms. The van der Waals surface area contributed by atoms with Gasteiger partial charge in [0.2, 0.25) is 9.84 Å². The molecule has 0 aliphatic carbocycles. The molecular weight excluding hydrogens is 360 g/mol. The summed E-state index contributed by atoms with van der Waals surface area (Å²) in [6.07, 6.45) is 0.814. The number of nitrogens with zero attached hydrogens (tertiary/aromatic N) is 2. The summed E-state index contributed by atoms with van der Waals surface area (Å²) in [5.41, 5.74) is 0. The van der Waals surface area contributed by atoms with Crippen LogP contribution in [-0.2, 0) is 9.84 Å². The van der Waals surface area contributed by atoms with Gasteiger partial charge in [-0.15, -0.1) is 11.3 Å². The molecule has 0 spiro atoms. The van der Waals surface area contributed by atoms with Crippen LogP contribution in [0, 0.1) is 0 Å². The minimum atomic E-state index is -4.76. The number of carbonyl (C=O) groups is 1. The predicted molar refractivity (Wildman–Crippen MR) is 86.3 cm³/mol. The first-order valence-electron chi connectivity index (χ1n) is 7.75. The fourth-order valence-electron chi connectivity index (χ4n) is 3.19. The highest BCUT2D eigenvalue weighted by Gasteiger charge is 2.36. The molecule has 1 unspecified atom stereocenters. The Balaban J connectivity index is 1.73. The zero-order valence-corrected chi connectivity index (χ0v) is 14.6. The zero-order chi connectivity index (χ0) is 17.3. The van der Waals surface area contributed by atoms with Crippen LogP contribution in [0.5, 0.6) is 0 Å². The van der Waals surface area contributed by atoms with Gasteiger partial charge >= 0.3 is 5.76 Å². The number of sulfone groups is 1. The van der Waals surface area contributed by atoms with Crippen LogP contribution in [0.2, 0.25) is 0 Å². The van der Waals surface area contributed by atoms with Crippen molar-refractivity contribution in [2.75, 3.05) is 39.3 Å². The van der Waals surface area contributed by atoms with E-state index in [1.807, 2.05) is 0 Å². The SMILES string of the molecule is O=C(c1sccc1S(=O)(=O)C(F)F)N1CCC(N2CCNCC2)C1. The molecule has 134 valence electrons. The normalized spacial score (nSPS) is 23.1. The maximum atomic E-state index is 12.8. The number of halogens is 2. The van der Waals surface area contributed by atoms with Gasteiger partial charge in [0.05, 0.1) is 4.90 Å². The van der Waals surface area contributed by atoms with E-state index in [-0.39, 0.29) is 10.9 Å². The van der Waals surface area contributed by atoms with E-state index in [0.717, 1.165) is 50.0 Å². The van der Waals surface area contributed by atoms with Crippen LogP contribution < -0.4 is 5.32 Å². The van der Waals surface area contributed by atoms with Gasteiger partial charge in [0.15, 0.2) is 0 Å². The number of thiophene rings is 1. The highest BCUT2D eigenvalue weighted by Crippen LogP contribution is 2.29. The van der Waals surface area contributed by atoms with Crippen LogP contribution in [0.1, 0.15) is 16.1 Å². The lowest BCUT2D eigenvalue weighted by molar-refractivity contribution is 0.0774. The van der Waals surface area contributed by atoms with Crippen molar-refractivity contribution in [2.24, 2.45) is 0 Å². The summed E-state index contributed by atoms with van der Waals surface area (Å²) < 4.78 is 49.0. The first-order valence-corrected chi connectivity index (χ1v) is 10.2. The second-order valence-electron chi connectivity index (χ2n) is 5.90. The number of carbonyl (C=O) groups excluding carboxylic acids is 1. The first kappa shape index (κ1) is 17.7. The van der Waals surface area contributed by atoms with E-state index in [0.29, 0.717) is 13.1 Å². The Morgan fingerprint density at radius 3 is 2.67 bits per heavy atom. The van der Waals surface area contributed by atoms with Crippen LogP contribution in [0.25, 0.3) is 0 Å². The van der Waals surface area contributed by atoms with E-state index >= 15 is 0 Å². The third-order valence-electron chi connectivity index (χ3n) is 4.48. The molecule has 0 aromatic carbocycles. The van der Waals surface area contributed by atoms with E-state index in [4.69, 9.17) is 0 Å². The summed E-state index contributed by atoms with van der Waals surface area (Å²) >= 11 is 0.898. The average molecular weight is 379 g/mol. The Kier molecular flexibility index (Phi) is 5.19. The summed E-state index contributed by atoms with van der Waals surface area (Å²) in [4.78, 5) is 15.8. The summed E-state index contributed by atoms with van der Waals surface area (Å²) in [6, 6.07) is 1.33. The molecule has 10 heteroatoms. The maximum Gasteiger partial charge on any atom is 0.341 e. The van der Waals surface area contributed by atoms with Crippen molar-refractivity contribution in [3.63, 3.8) is 0 Å². The smallest absolute Gasteiger partial charge is 0.336 e. The topological polar surface area (TPSA) is 69.7 Å². The van der Waals surface area contributed by atoms with Crippen LogP contribution in [0.3, 0.4) is 0 Å². The fraction of sp³-hybridized carbons (Fsp3) is 0.643. The average Bonchev–Trinajstić information content (AvgIpc) is 3.24. The Labute approximate surface area is 143 Å². The number of alkyl halides is 2. The standard InChI is InChI=1S/C14H19F2N3O3S2/c15-14(16)24(21,22)11-2-8-23-12(11)13(20)19-5-1-10(9-19)18-6-3-17-4-7-18/h2,8,10,14,17H,1,3-7,9H2. The predicted octanol–water partition coefficient (Wildman–Crippen LogP) is 0.864. The van der Waals surface area contributed by atoms with E-state index in [9.17, 15) is 22.0 Å². The third kappa shape index (κ3) is 3.32. The number of rotatable bonds is 4. The largest absolute Gasteiger partial charge is 0.341 e. The van der Waals surface area contributed by atoms with Crippen molar-refractivity contribution in [1.82, 2.24) is 15.1 Å². The lowest BCUT2D eigenvalue weighted by Gasteiger charge is -2.32. The van der Waals surface area contributed by atoms with E-state index in [1.54, 1.807) is 4.90 Å². The van der Waals surface area contributed by atoms with Crippen molar-refractivity contribution in [3.05, 3.63) is 16.3 Å². The second-order valence-corrected chi connectivity index (χ2v) is 8.70. The summed E-state index contributed by atoms with van der Waals surface area (Å²) in [5, 5.41) is 4.64. The van der Waals surface area contributed by atoms with Crippen LogP contribution >= 0.6 is 11.3 Å². The molecule has 2 aliphatic heterocycles. The van der Waals surface area contributed by atoms with Crippen molar-refractivity contribution in [2.45, 2.75) is 23.1 Å². The lowest BCUT2D eigenvalue weighted by atomic mass is 10.2. The molecule has 2 aliphatic rings. The van der Waals surface area contributed by atoms with Gasteiger partial charge in [0, 0.05) is 45.3 Å². The molecule has 1 aromatic rings. The maximum absolute atomic E-state index is 12.8. The van der Waals surface area contributed by atoms with Crippen LogP contribution in [-0.4, -0.2) is 75.2 Å². The quantitative estimate of drug-likeness (QED) is 0.841. The van der Waals surface area contributed by atoms with Crippen molar-refractivity contribution >= 4 is 27.1 Å². The molecule has 1 N–H and O–H groups in total. The molecule has 6 nitrogen and oxygen atoms in total. The van der Waals surface area contributed by atoms with E-state index in [1.165, 1.54) is 5.38 Å². The summed E-state index contributed by atoms with van der Waals surface area (Å²) in [7, 11) is -4.76. The Bertz CT molecular complexity index is 702. The van der Waals surface area contributed by atoms with E-state index in [2.05, 4.69) is 10.2 Å². The monoisotopic (exact) mass is 379 g/mol. The highest BCUT2D eigenvalue weighted by atomic mass is 32.2. The first-order chi connectivity index (χ1) is 11.4. The van der Waals surface area contributed by atoms with Gasteiger partial charge in [0.25, 0.3) is 5.91 Å². The number of piperazine rings is 1. The summed E-state index contributed by atoms with van der Waals surface area (Å²) in [6.45, 7) is 4.66. The molecule has 0 bridgehead atoms. The fourth-order valence-corrected chi connectivity index (χ4v) is 5.32. The number of nitrogens with one attached hydrogen (secondary N) is 1. The molecule has 1 atom stereocenters. The van der Waals surface area contributed by atoms with Gasteiger partial charge in [-0.1, -0.05) is 0 Å². The molecule has 0 radical (unpaired) electrons. The molecule has 1 aromatic heterocycles. The molecule has 2 fully saturated rings. The van der Waals surface area contributed by atoms with Gasteiger partial charge in [-0.3, -0.25) is 9.69 Å². The van der Waals surface area contributed by atoms with Crippen molar-refractivity contribution < 1.29 is 22.0 Å². The van der Waals surface area contributed by atoms with E-state index < -0.39 is 26.4 Å². The highest BCUT2D eigenvalue weighted by molar-refractivity contribution is 7.92. The Morgan fingerprint density at radius 1 is 1.29 bits per heavy atom. The number of hydrogen-bond acceptors (Lipinski definition) is 6. The van der Waals surface area contributed by atoms with Crippen LogP contribution in [0.4, 0.5) is 8.78 Å².